The first kappa shape index (κ1) is 47.1. The number of Topliss-reactive ketones (excluding diaryl/α,β-unsaturated/α-hetero) is 1. The van der Waals surface area contributed by atoms with Crippen LogP contribution in [-0.2, 0) is 13.6 Å². The summed E-state index contributed by atoms with van der Waals surface area (Å²) >= 11 is 1.68. The minimum Gasteiger partial charge on any atom is -0.413 e. The molecule has 50 heavy (non-hydrogen) atoms. The monoisotopic (exact) mass is 752 g/mol. The van der Waals surface area contributed by atoms with Crippen molar-refractivity contribution in [3.05, 3.63) is 33.3 Å². The van der Waals surface area contributed by atoms with Crippen molar-refractivity contribution in [2.45, 2.75) is 190 Å². The van der Waals surface area contributed by atoms with Gasteiger partial charge < -0.3 is 19.1 Å². The number of aliphatic hydroxyl groups is 2. The van der Waals surface area contributed by atoms with E-state index in [9.17, 15) is 15.0 Å². The molecule has 0 saturated carbocycles. The lowest BCUT2D eigenvalue weighted by molar-refractivity contribution is -0.142. The van der Waals surface area contributed by atoms with Crippen LogP contribution in [-0.4, -0.2) is 62.5 Å². The van der Waals surface area contributed by atoms with Gasteiger partial charge in [-0.05, 0) is 113 Å². The Balaban J connectivity index is 3.28. The topological polar surface area (TPSA) is 88.9 Å². The molecule has 2 unspecified atom stereocenters. The number of thiazole rings is 1. The van der Waals surface area contributed by atoms with E-state index in [1.807, 2.05) is 20.8 Å². The number of aryl methyl sites for hydroxylation is 1. The van der Waals surface area contributed by atoms with Crippen LogP contribution in [0, 0.1) is 24.2 Å². The summed E-state index contributed by atoms with van der Waals surface area (Å²) in [7, 11) is -4.22. The smallest absolute Gasteiger partial charge is 0.192 e. The predicted molar refractivity (Wildman–Crippen MR) is 221 cm³/mol. The van der Waals surface area contributed by atoms with E-state index in [1.165, 1.54) is 11.1 Å². The highest BCUT2D eigenvalue weighted by Crippen LogP contribution is 2.43. The van der Waals surface area contributed by atoms with Crippen LogP contribution in [0.15, 0.2) is 22.6 Å². The maximum atomic E-state index is 14.3. The summed E-state index contributed by atoms with van der Waals surface area (Å²) < 4.78 is 14.2. The van der Waals surface area contributed by atoms with Crippen molar-refractivity contribution >= 4 is 39.8 Å². The molecule has 0 amide bonds. The number of aliphatic hydroxyl groups excluding tert-OH is 2. The average Bonchev–Trinajstić information content (AvgIpc) is 3.39. The first-order chi connectivity index (χ1) is 22.7. The number of rotatable bonds is 21. The molecular weight excluding hydrogens is 675 g/mol. The van der Waals surface area contributed by atoms with Crippen LogP contribution in [0.4, 0.5) is 0 Å². The van der Waals surface area contributed by atoms with Crippen LogP contribution < -0.4 is 0 Å². The normalized spacial score (nSPS) is 17.4. The molecule has 0 aliphatic rings. The van der Waals surface area contributed by atoms with Crippen molar-refractivity contribution in [2.75, 3.05) is 6.61 Å². The summed E-state index contributed by atoms with van der Waals surface area (Å²) in [6, 6.07) is 0. The van der Waals surface area contributed by atoms with Crippen molar-refractivity contribution in [3.63, 3.8) is 0 Å². The number of ketones is 1. The Morgan fingerprint density at radius 3 is 2.00 bits per heavy atom. The van der Waals surface area contributed by atoms with Gasteiger partial charge in [0, 0.05) is 23.3 Å². The highest BCUT2D eigenvalue weighted by Gasteiger charge is 2.47. The minimum atomic E-state index is -2.21. The van der Waals surface area contributed by atoms with E-state index in [2.05, 4.69) is 118 Å². The third-order valence-corrected chi connectivity index (χ3v) is 21.4. The van der Waals surface area contributed by atoms with Gasteiger partial charge in [0.25, 0.3) is 0 Å². The molecule has 0 aliphatic carbocycles. The van der Waals surface area contributed by atoms with Crippen LogP contribution in [0.3, 0.4) is 0 Å². The quantitative estimate of drug-likeness (QED) is 0.0960. The zero-order valence-corrected chi connectivity index (χ0v) is 38.1. The van der Waals surface area contributed by atoms with Crippen LogP contribution in [0.5, 0.6) is 0 Å². The Morgan fingerprint density at radius 1 is 0.960 bits per heavy atom. The lowest BCUT2D eigenvalue weighted by Gasteiger charge is -2.45. The number of hydrogen-bond donors (Lipinski definition) is 2. The standard InChI is InChI=1S/C41H77NO5SSi2/c1-18-20-34(38(45)41(12,13)36(44)25-26-43)37(47-50(16,17)40(9,10)11)30(3)22-19-21-29(2)23-24-35(46-49(14,15)39(6,7)8)31(4)27-33-28-48-32(5)42-33/h23,27-28,30,34-37,43-44H,18-22,24-26H2,1-17H3/b29-23?,31-27+/t30?,34-,35+,36?,37+/m1/s1. The Bertz CT molecular complexity index is 1250. The number of carbonyl (C=O) groups is 1. The molecule has 0 fully saturated rings. The van der Waals surface area contributed by atoms with E-state index in [0.29, 0.717) is 0 Å². The fourth-order valence-electron chi connectivity index (χ4n) is 5.90. The van der Waals surface area contributed by atoms with E-state index in [-0.39, 0.29) is 52.9 Å². The molecule has 1 heterocycles. The van der Waals surface area contributed by atoms with Crippen molar-refractivity contribution in [1.82, 2.24) is 4.98 Å². The number of nitrogens with zero attached hydrogens (tertiary/aromatic N) is 1. The zero-order chi connectivity index (χ0) is 38.9. The van der Waals surface area contributed by atoms with E-state index >= 15 is 0 Å². The van der Waals surface area contributed by atoms with E-state index in [0.717, 1.165) is 49.2 Å². The molecule has 0 aromatic carbocycles. The molecule has 6 nitrogen and oxygen atoms in total. The van der Waals surface area contributed by atoms with Crippen molar-refractivity contribution < 1.29 is 23.9 Å². The van der Waals surface area contributed by atoms with Gasteiger partial charge in [-0.15, -0.1) is 11.3 Å². The second kappa shape index (κ2) is 19.4. The Hall–Kier alpha value is -0.946. The summed E-state index contributed by atoms with van der Waals surface area (Å²) in [5, 5.41) is 23.8. The maximum Gasteiger partial charge on any atom is 0.192 e. The lowest BCUT2D eigenvalue weighted by atomic mass is 9.71. The molecule has 290 valence electrons. The number of carbonyl (C=O) groups excluding carboxylic acids is 1. The molecular formula is C41H77NO5SSi2. The van der Waals surface area contributed by atoms with Gasteiger partial charge in [0.05, 0.1) is 29.0 Å². The largest absolute Gasteiger partial charge is 0.413 e. The highest BCUT2D eigenvalue weighted by molar-refractivity contribution is 7.09. The molecule has 2 N–H and O–H groups in total. The third-order valence-electron chi connectivity index (χ3n) is 11.7. The van der Waals surface area contributed by atoms with Gasteiger partial charge in [0.1, 0.15) is 5.78 Å². The second-order valence-electron chi connectivity index (χ2n) is 18.6. The summed E-state index contributed by atoms with van der Waals surface area (Å²) in [5.74, 6) is -0.0887. The van der Waals surface area contributed by atoms with Gasteiger partial charge in [-0.3, -0.25) is 4.79 Å². The number of hydrogen-bond acceptors (Lipinski definition) is 7. The molecule has 0 aliphatic heterocycles. The summed E-state index contributed by atoms with van der Waals surface area (Å²) in [5.41, 5.74) is 2.60. The predicted octanol–water partition coefficient (Wildman–Crippen LogP) is 11.5. The number of allylic oxidation sites excluding steroid dienone is 1. The van der Waals surface area contributed by atoms with Gasteiger partial charge in [-0.25, -0.2) is 4.98 Å². The van der Waals surface area contributed by atoms with Crippen molar-refractivity contribution in [1.29, 1.82) is 0 Å². The first-order valence-corrected chi connectivity index (χ1v) is 25.9. The van der Waals surface area contributed by atoms with Gasteiger partial charge >= 0.3 is 0 Å². The molecule has 9 heteroatoms. The Kier molecular flexibility index (Phi) is 18.3. The van der Waals surface area contributed by atoms with E-state index in [4.69, 9.17) is 8.85 Å². The van der Waals surface area contributed by atoms with Crippen LogP contribution in [0.2, 0.25) is 36.3 Å². The summed E-state index contributed by atoms with van der Waals surface area (Å²) in [4.78, 5) is 19.0. The van der Waals surface area contributed by atoms with Crippen molar-refractivity contribution in [3.8, 4) is 0 Å². The maximum absolute atomic E-state index is 14.3. The number of aromatic nitrogens is 1. The van der Waals surface area contributed by atoms with Crippen LogP contribution in [0.25, 0.3) is 6.08 Å². The highest BCUT2D eigenvalue weighted by atomic mass is 32.1. The molecule has 0 bridgehead atoms. The van der Waals surface area contributed by atoms with Crippen LogP contribution in [0.1, 0.15) is 139 Å². The SMILES string of the molecule is CCC[C@@H](C(=O)C(C)(C)C(O)CCO)[C@@H](O[Si](C)(C)C(C)(C)C)C(C)CCCC(C)=CC[C@H](O[Si](C)(C)C(C)(C)C)/C(C)=C/c1csc(C)n1. The second-order valence-corrected chi connectivity index (χ2v) is 29.1. The van der Waals surface area contributed by atoms with Crippen molar-refractivity contribution in [2.24, 2.45) is 17.3 Å². The van der Waals surface area contributed by atoms with Gasteiger partial charge in [-0.1, -0.05) is 87.3 Å². The first-order valence-electron chi connectivity index (χ1n) is 19.2. The molecule has 5 atom stereocenters. The molecule has 1 aromatic heterocycles. The minimum absolute atomic E-state index is 0.000470. The fraction of sp³-hybridized carbons (Fsp3) is 0.805. The summed E-state index contributed by atoms with van der Waals surface area (Å²) in [6.07, 6.45) is 8.96. The average molecular weight is 752 g/mol. The molecule has 0 saturated heterocycles. The van der Waals surface area contributed by atoms with Crippen LogP contribution >= 0.6 is 11.3 Å². The summed E-state index contributed by atoms with van der Waals surface area (Å²) in [6.45, 7) is 37.2. The Morgan fingerprint density at radius 2 is 1.52 bits per heavy atom. The van der Waals surface area contributed by atoms with Gasteiger partial charge in [0.15, 0.2) is 16.6 Å². The van der Waals surface area contributed by atoms with Gasteiger partial charge in [0.2, 0.25) is 0 Å². The zero-order valence-electron chi connectivity index (χ0n) is 35.3. The molecule has 0 spiro atoms. The fourth-order valence-corrected chi connectivity index (χ4v) is 9.25. The van der Waals surface area contributed by atoms with E-state index in [1.54, 1.807) is 11.3 Å². The van der Waals surface area contributed by atoms with Gasteiger partial charge in [-0.2, -0.15) is 0 Å². The Labute approximate surface area is 314 Å². The molecule has 1 aromatic rings. The van der Waals surface area contributed by atoms with E-state index < -0.39 is 28.2 Å². The lowest BCUT2D eigenvalue weighted by Crippen LogP contribution is -2.52. The molecule has 1 rings (SSSR count). The molecule has 0 radical (unpaired) electrons. The third kappa shape index (κ3) is 13.8.